The van der Waals surface area contributed by atoms with Crippen molar-refractivity contribution in [3.8, 4) is 0 Å². The largest absolute Gasteiger partial charge is 0.386 e. The molecular weight excluding hydrogens is 236 g/mol. The first kappa shape index (κ1) is 13.4. The van der Waals surface area contributed by atoms with E-state index in [-0.39, 0.29) is 0 Å². The van der Waals surface area contributed by atoms with Gasteiger partial charge in [0, 0.05) is 5.54 Å². The van der Waals surface area contributed by atoms with Crippen LogP contribution in [0.25, 0.3) is 0 Å². The third-order valence-electron chi connectivity index (χ3n) is 3.85. The summed E-state index contributed by atoms with van der Waals surface area (Å²) in [6.07, 6.45) is 1.41. The Bertz CT molecular complexity index is 428. The Morgan fingerprint density at radius 3 is 2.33 bits per heavy atom. The Hall–Kier alpha value is -1.00. The Balaban J connectivity index is 2.23. The molecule has 1 heterocycles. The molecule has 1 fully saturated rings. The summed E-state index contributed by atoms with van der Waals surface area (Å²) in [6.45, 7) is 5.75. The Morgan fingerprint density at radius 2 is 1.78 bits per heavy atom. The molecule has 1 aromatic rings. The van der Waals surface area contributed by atoms with Crippen LogP contribution in [0.1, 0.15) is 38.4 Å². The minimum absolute atomic E-state index is 0.422. The minimum Gasteiger partial charge on any atom is -0.386 e. The van der Waals surface area contributed by atoms with Crippen LogP contribution < -0.4 is 0 Å². The summed E-state index contributed by atoms with van der Waals surface area (Å²) in [5.41, 5.74) is -0.0494. The first-order valence-corrected chi connectivity index (χ1v) is 6.31. The van der Waals surface area contributed by atoms with Crippen molar-refractivity contribution in [3.05, 3.63) is 35.4 Å². The van der Waals surface area contributed by atoms with E-state index >= 15 is 0 Å². The molecule has 18 heavy (non-hydrogen) atoms. The summed E-state index contributed by atoms with van der Waals surface area (Å²) in [5.74, 6) is -1.80. The highest BCUT2D eigenvalue weighted by Gasteiger charge is 2.36. The predicted octanol–water partition coefficient (Wildman–Crippen LogP) is 2.87. The van der Waals surface area contributed by atoms with Crippen LogP contribution in [0.3, 0.4) is 0 Å². The van der Waals surface area contributed by atoms with Gasteiger partial charge in [-0.2, -0.15) is 0 Å². The van der Waals surface area contributed by atoms with Crippen molar-refractivity contribution in [2.75, 3.05) is 13.1 Å². The lowest BCUT2D eigenvalue weighted by Gasteiger charge is -2.39. The molecule has 100 valence electrons. The lowest BCUT2D eigenvalue weighted by Crippen LogP contribution is -2.46. The summed E-state index contributed by atoms with van der Waals surface area (Å²) in [7, 11) is 0. The van der Waals surface area contributed by atoms with E-state index in [1.54, 1.807) is 0 Å². The molecule has 1 aromatic carbocycles. The molecule has 0 amide bonds. The second-order valence-electron chi connectivity index (χ2n) is 5.42. The molecule has 0 radical (unpaired) electrons. The van der Waals surface area contributed by atoms with Crippen LogP contribution >= 0.6 is 0 Å². The van der Waals surface area contributed by atoms with Crippen LogP contribution in [-0.4, -0.2) is 28.6 Å². The average Bonchev–Trinajstić information content (AvgIpc) is 2.86. The molecule has 1 saturated heterocycles. The zero-order valence-electron chi connectivity index (χ0n) is 10.8. The molecular formula is C14H19F2NO. The molecule has 1 aliphatic heterocycles. The summed E-state index contributed by atoms with van der Waals surface area (Å²) in [6, 6.07) is 3.59. The Kier molecular flexibility index (Phi) is 3.69. The number of aliphatic hydroxyl groups is 1. The average molecular weight is 255 g/mol. The number of hydrogen-bond donors (Lipinski definition) is 1. The van der Waals surface area contributed by atoms with Crippen molar-refractivity contribution in [3.63, 3.8) is 0 Å². The zero-order chi connectivity index (χ0) is 13.3. The van der Waals surface area contributed by atoms with E-state index in [9.17, 15) is 13.9 Å². The van der Waals surface area contributed by atoms with E-state index < -0.39 is 23.3 Å². The van der Waals surface area contributed by atoms with Gasteiger partial charge in [0.2, 0.25) is 0 Å². The highest BCUT2D eigenvalue weighted by atomic mass is 19.2. The van der Waals surface area contributed by atoms with Crippen molar-refractivity contribution in [1.29, 1.82) is 0 Å². The lowest BCUT2D eigenvalue weighted by molar-refractivity contribution is 0.00111. The normalized spacial score (nSPS) is 19.2. The number of halogens is 2. The predicted molar refractivity (Wildman–Crippen MR) is 66.2 cm³/mol. The van der Waals surface area contributed by atoms with Crippen LogP contribution in [0.4, 0.5) is 8.78 Å². The smallest absolute Gasteiger partial charge is 0.159 e. The summed E-state index contributed by atoms with van der Waals surface area (Å²) in [4.78, 5) is 2.19. The fourth-order valence-corrected chi connectivity index (χ4v) is 2.56. The second-order valence-corrected chi connectivity index (χ2v) is 5.42. The molecule has 0 aromatic heterocycles. The third kappa shape index (κ3) is 2.40. The van der Waals surface area contributed by atoms with Gasteiger partial charge >= 0.3 is 0 Å². The number of aliphatic hydroxyl groups excluding tert-OH is 1. The Morgan fingerprint density at radius 1 is 1.17 bits per heavy atom. The van der Waals surface area contributed by atoms with E-state index in [0.29, 0.717) is 5.56 Å². The number of hydrogen-bond acceptors (Lipinski definition) is 2. The van der Waals surface area contributed by atoms with Gasteiger partial charge in [0.1, 0.15) is 0 Å². The van der Waals surface area contributed by atoms with E-state index in [1.807, 2.05) is 13.8 Å². The van der Waals surface area contributed by atoms with Crippen LogP contribution in [0.2, 0.25) is 0 Å². The minimum atomic E-state index is -0.913. The molecule has 2 nitrogen and oxygen atoms in total. The molecule has 1 aliphatic rings. The summed E-state index contributed by atoms with van der Waals surface area (Å²) >= 11 is 0. The molecule has 1 atom stereocenters. The van der Waals surface area contributed by atoms with Crippen molar-refractivity contribution in [2.24, 2.45) is 0 Å². The van der Waals surface area contributed by atoms with Crippen LogP contribution in [0.5, 0.6) is 0 Å². The summed E-state index contributed by atoms with van der Waals surface area (Å²) in [5, 5.41) is 10.4. The number of nitrogens with zero attached hydrogens (tertiary/aromatic N) is 1. The lowest BCUT2D eigenvalue weighted by atomic mass is 9.89. The fraction of sp³-hybridized carbons (Fsp3) is 0.571. The van der Waals surface area contributed by atoms with Crippen molar-refractivity contribution >= 4 is 0 Å². The SMILES string of the molecule is CC(C)(C(O)c1ccc(F)c(F)c1)N1CCCC1. The highest BCUT2D eigenvalue weighted by molar-refractivity contribution is 5.23. The summed E-state index contributed by atoms with van der Waals surface area (Å²) < 4.78 is 26.1. The first-order chi connectivity index (χ1) is 8.43. The number of rotatable bonds is 3. The van der Waals surface area contributed by atoms with Crippen LogP contribution in [-0.2, 0) is 0 Å². The topological polar surface area (TPSA) is 23.5 Å². The monoisotopic (exact) mass is 255 g/mol. The maximum Gasteiger partial charge on any atom is 0.159 e. The van der Waals surface area contributed by atoms with Gasteiger partial charge in [-0.15, -0.1) is 0 Å². The zero-order valence-corrected chi connectivity index (χ0v) is 10.8. The molecule has 1 N–H and O–H groups in total. The maximum atomic E-state index is 13.2. The maximum absolute atomic E-state index is 13.2. The number of benzene rings is 1. The van der Waals surface area contributed by atoms with Gasteiger partial charge in [0.25, 0.3) is 0 Å². The van der Waals surface area contributed by atoms with Crippen LogP contribution in [0, 0.1) is 11.6 Å². The van der Waals surface area contributed by atoms with Gasteiger partial charge < -0.3 is 5.11 Å². The van der Waals surface area contributed by atoms with Crippen molar-refractivity contribution < 1.29 is 13.9 Å². The van der Waals surface area contributed by atoms with Crippen LogP contribution in [0.15, 0.2) is 18.2 Å². The quantitative estimate of drug-likeness (QED) is 0.897. The molecule has 0 spiro atoms. The van der Waals surface area contributed by atoms with E-state index in [0.717, 1.165) is 38.1 Å². The van der Waals surface area contributed by atoms with Crippen molar-refractivity contribution in [2.45, 2.75) is 38.3 Å². The van der Waals surface area contributed by atoms with Gasteiger partial charge in [0.15, 0.2) is 11.6 Å². The van der Waals surface area contributed by atoms with E-state index in [1.165, 1.54) is 6.07 Å². The van der Waals surface area contributed by atoms with E-state index in [4.69, 9.17) is 0 Å². The standard InChI is InChI=1S/C14H19F2NO/c1-14(2,17-7-3-4-8-17)13(18)10-5-6-11(15)12(16)9-10/h5-6,9,13,18H,3-4,7-8H2,1-2H3. The molecule has 2 rings (SSSR count). The molecule has 0 bridgehead atoms. The van der Waals surface area contributed by atoms with E-state index in [2.05, 4.69) is 4.90 Å². The second kappa shape index (κ2) is 4.94. The first-order valence-electron chi connectivity index (χ1n) is 6.31. The highest BCUT2D eigenvalue weighted by Crippen LogP contribution is 2.33. The van der Waals surface area contributed by atoms with Gasteiger partial charge in [-0.3, -0.25) is 4.90 Å². The molecule has 0 aliphatic carbocycles. The van der Waals surface area contributed by atoms with Gasteiger partial charge in [-0.05, 0) is 57.5 Å². The fourth-order valence-electron chi connectivity index (χ4n) is 2.56. The molecule has 0 saturated carbocycles. The molecule has 1 unspecified atom stereocenters. The van der Waals surface area contributed by atoms with Gasteiger partial charge in [-0.25, -0.2) is 8.78 Å². The molecule has 4 heteroatoms. The van der Waals surface area contributed by atoms with Gasteiger partial charge in [-0.1, -0.05) is 6.07 Å². The third-order valence-corrected chi connectivity index (χ3v) is 3.85. The Labute approximate surface area is 106 Å². The van der Waals surface area contributed by atoms with Gasteiger partial charge in [0.05, 0.1) is 6.10 Å². The van der Waals surface area contributed by atoms with Crippen molar-refractivity contribution in [1.82, 2.24) is 4.90 Å². The number of likely N-dealkylation sites (tertiary alicyclic amines) is 1.